The van der Waals surface area contributed by atoms with Gasteiger partial charge < -0.3 is 24.7 Å². The van der Waals surface area contributed by atoms with Crippen molar-refractivity contribution in [1.82, 2.24) is 14.5 Å². The molecule has 0 unspecified atom stereocenters. The highest BCUT2D eigenvalue weighted by atomic mass is 19.4. The molecule has 0 fully saturated rings. The molecule has 0 radical (unpaired) electrons. The third kappa shape index (κ3) is 5.13. The number of aryl methyl sites for hydroxylation is 1. The third-order valence-corrected chi connectivity index (χ3v) is 5.39. The van der Waals surface area contributed by atoms with Gasteiger partial charge in [0.1, 0.15) is 11.4 Å². The maximum atomic E-state index is 13.3. The van der Waals surface area contributed by atoms with Crippen LogP contribution in [-0.4, -0.2) is 28.8 Å². The number of alkyl halides is 3. The van der Waals surface area contributed by atoms with Crippen molar-refractivity contribution < 1.29 is 22.6 Å². The molecule has 4 aromatic rings. The van der Waals surface area contributed by atoms with Crippen LogP contribution in [0.5, 0.6) is 11.5 Å². The average Bonchev–Trinajstić information content (AvgIpc) is 2.84. The highest BCUT2D eigenvalue weighted by Crippen LogP contribution is 2.31. The van der Waals surface area contributed by atoms with E-state index >= 15 is 0 Å². The topological polar surface area (TPSA) is 90.3 Å². The first-order valence-electron chi connectivity index (χ1n) is 10.5. The van der Waals surface area contributed by atoms with E-state index < -0.39 is 17.3 Å². The van der Waals surface area contributed by atoms with Crippen LogP contribution in [0.25, 0.3) is 10.9 Å². The van der Waals surface area contributed by atoms with Crippen molar-refractivity contribution in [3.05, 3.63) is 76.2 Å². The molecule has 11 heteroatoms. The highest BCUT2D eigenvalue weighted by molar-refractivity contribution is 5.83. The molecule has 0 aliphatic carbocycles. The number of nitrogens with zero attached hydrogens (tertiary/aromatic N) is 3. The number of halogens is 3. The minimum atomic E-state index is -4.66. The predicted octanol–water partition coefficient (Wildman–Crippen LogP) is 4.72. The Labute approximate surface area is 198 Å². The summed E-state index contributed by atoms with van der Waals surface area (Å²) in [5, 5.41) is 6.33. The second-order valence-corrected chi connectivity index (χ2v) is 7.62. The van der Waals surface area contributed by atoms with Gasteiger partial charge in [0.15, 0.2) is 17.0 Å². The van der Waals surface area contributed by atoms with Gasteiger partial charge in [-0.25, -0.2) is 4.98 Å². The molecule has 2 aromatic carbocycles. The molecule has 2 N–H and O–H groups in total. The fourth-order valence-electron chi connectivity index (χ4n) is 3.56. The van der Waals surface area contributed by atoms with Gasteiger partial charge in [-0.1, -0.05) is 12.1 Å². The van der Waals surface area contributed by atoms with Gasteiger partial charge in [0.05, 0.1) is 25.9 Å². The molecule has 0 aliphatic heterocycles. The first-order chi connectivity index (χ1) is 16.7. The second kappa shape index (κ2) is 9.53. The zero-order valence-corrected chi connectivity index (χ0v) is 19.1. The van der Waals surface area contributed by atoms with Crippen LogP contribution in [0.4, 0.5) is 30.6 Å². The molecule has 35 heavy (non-hydrogen) atoms. The van der Waals surface area contributed by atoms with E-state index in [1.54, 1.807) is 13.2 Å². The number of benzene rings is 2. The lowest BCUT2D eigenvalue weighted by Crippen LogP contribution is -2.19. The van der Waals surface area contributed by atoms with E-state index in [2.05, 4.69) is 20.6 Å². The summed E-state index contributed by atoms with van der Waals surface area (Å²) in [6, 6.07) is 12.6. The van der Waals surface area contributed by atoms with E-state index in [0.717, 1.165) is 15.9 Å². The SMILES string of the molecule is COc1ccc(CNc2nc(Nc3ccc4c(=O)cc(C(F)(F)F)n(C)c4c3)ncc2OC)cc1. The van der Waals surface area contributed by atoms with Crippen LogP contribution >= 0.6 is 0 Å². The molecule has 0 spiro atoms. The van der Waals surface area contributed by atoms with E-state index in [4.69, 9.17) is 9.47 Å². The summed E-state index contributed by atoms with van der Waals surface area (Å²) in [4.78, 5) is 20.9. The molecule has 0 atom stereocenters. The molecule has 0 amide bonds. The van der Waals surface area contributed by atoms with Crippen molar-refractivity contribution in [2.45, 2.75) is 12.7 Å². The summed E-state index contributed by atoms with van der Waals surface area (Å²) >= 11 is 0. The Bertz CT molecular complexity index is 1420. The number of nitrogens with one attached hydrogen (secondary N) is 2. The molecule has 2 aromatic heterocycles. The lowest BCUT2D eigenvalue weighted by Gasteiger charge is -2.16. The molecule has 182 valence electrons. The fourth-order valence-corrected chi connectivity index (χ4v) is 3.56. The van der Waals surface area contributed by atoms with Crippen molar-refractivity contribution in [2.75, 3.05) is 24.9 Å². The number of hydrogen-bond acceptors (Lipinski definition) is 7. The maximum absolute atomic E-state index is 13.3. The Hall–Kier alpha value is -4.28. The van der Waals surface area contributed by atoms with E-state index in [9.17, 15) is 18.0 Å². The summed E-state index contributed by atoms with van der Waals surface area (Å²) in [6.45, 7) is 0.453. The summed E-state index contributed by atoms with van der Waals surface area (Å²) < 4.78 is 51.4. The monoisotopic (exact) mass is 485 g/mol. The van der Waals surface area contributed by atoms with Gasteiger partial charge in [-0.2, -0.15) is 18.2 Å². The number of aromatic nitrogens is 3. The lowest BCUT2D eigenvalue weighted by molar-refractivity contribution is -0.143. The van der Waals surface area contributed by atoms with E-state index in [-0.39, 0.29) is 16.9 Å². The van der Waals surface area contributed by atoms with Gasteiger partial charge in [0.25, 0.3) is 0 Å². The fraction of sp³-hybridized carbons (Fsp3) is 0.208. The zero-order valence-electron chi connectivity index (χ0n) is 19.1. The van der Waals surface area contributed by atoms with Crippen LogP contribution in [0, 0.1) is 0 Å². The largest absolute Gasteiger partial charge is 0.497 e. The normalized spacial score (nSPS) is 11.4. The van der Waals surface area contributed by atoms with Gasteiger partial charge in [-0.15, -0.1) is 0 Å². The minimum absolute atomic E-state index is 0.126. The Balaban J connectivity index is 1.61. The molecule has 0 saturated heterocycles. The number of ether oxygens (including phenoxy) is 2. The number of anilines is 3. The Morgan fingerprint density at radius 1 is 1.03 bits per heavy atom. The highest BCUT2D eigenvalue weighted by Gasteiger charge is 2.34. The number of pyridine rings is 1. The molecule has 4 rings (SSSR count). The third-order valence-electron chi connectivity index (χ3n) is 5.39. The molecule has 0 aliphatic rings. The van der Waals surface area contributed by atoms with E-state index in [1.807, 2.05) is 24.3 Å². The van der Waals surface area contributed by atoms with Gasteiger partial charge >= 0.3 is 6.18 Å². The summed E-state index contributed by atoms with van der Waals surface area (Å²) in [7, 11) is 4.35. The van der Waals surface area contributed by atoms with Crippen LogP contribution in [0.1, 0.15) is 11.3 Å². The summed E-state index contributed by atoms with van der Waals surface area (Å²) in [5.41, 5.74) is -0.211. The average molecular weight is 485 g/mol. The quantitative estimate of drug-likeness (QED) is 0.392. The second-order valence-electron chi connectivity index (χ2n) is 7.62. The van der Waals surface area contributed by atoms with Crippen molar-refractivity contribution in [2.24, 2.45) is 7.05 Å². The van der Waals surface area contributed by atoms with Crippen molar-refractivity contribution >= 4 is 28.4 Å². The summed E-state index contributed by atoms with van der Waals surface area (Å²) in [6.07, 6.45) is -3.18. The first kappa shape index (κ1) is 23.9. The van der Waals surface area contributed by atoms with E-state index in [0.29, 0.717) is 29.9 Å². The number of fused-ring (bicyclic) bond motifs is 1. The van der Waals surface area contributed by atoms with Gasteiger partial charge in [-0.3, -0.25) is 4.79 Å². The van der Waals surface area contributed by atoms with Crippen LogP contribution < -0.4 is 25.5 Å². The van der Waals surface area contributed by atoms with Crippen LogP contribution in [0.3, 0.4) is 0 Å². The number of hydrogen-bond donors (Lipinski definition) is 2. The van der Waals surface area contributed by atoms with Crippen LogP contribution in [-0.2, 0) is 19.8 Å². The predicted molar refractivity (Wildman–Crippen MR) is 126 cm³/mol. The molecular weight excluding hydrogens is 463 g/mol. The number of methoxy groups -OCH3 is 2. The first-order valence-corrected chi connectivity index (χ1v) is 10.5. The van der Waals surface area contributed by atoms with Crippen molar-refractivity contribution in [3.8, 4) is 11.5 Å². The number of rotatable bonds is 7. The van der Waals surface area contributed by atoms with Crippen LogP contribution in [0.2, 0.25) is 0 Å². The molecular formula is C24H22F3N5O3. The molecule has 0 bridgehead atoms. The van der Waals surface area contributed by atoms with Crippen LogP contribution in [0.15, 0.2) is 59.5 Å². The lowest BCUT2D eigenvalue weighted by atomic mass is 10.1. The zero-order chi connectivity index (χ0) is 25.2. The van der Waals surface area contributed by atoms with Gasteiger partial charge in [-0.05, 0) is 35.9 Å². The Morgan fingerprint density at radius 3 is 2.43 bits per heavy atom. The molecule has 0 saturated carbocycles. The standard InChI is InChI=1S/C24H22F3N5O3/c1-32-18-10-15(6-9-17(18)19(33)11-21(32)24(25,26)27)30-23-29-13-20(35-3)22(31-23)28-12-14-4-7-16(34-2)8-5-14/h4-11,13H,12H2,1-3H3,(H2,28,29,30,31). The van der Waals surface area contributed by atoms with Crippen molar-refractivity contribution in [1.29, 1.82) is 0 Å². The Morgan fingerprint density at radius 2 is 1.77 bits per heavy atom. The van der Waals surface area contributed by atoms with Gasteiger partial charge in [0, 0.05) is 30.7 Å². The minimum Gasteiger partial charge on any atom is -0.497 e. The van der Waals surface area contributed by atoms with Gasteiger partial charge in [0.2, 0.25) is 5.95 Å². The van der Waals surface area contributed by atoms with Crippen molar-refractivity contribution in [3.63, 3.8) is 0 Å². The molecule has 8 nitrogen and oxygen atoms in total. The maximum Gasteiger partial charge on any atom is 0.431 e. The summed E-state index contributed by atoms with van der Waals surface area (Å²) in [5.74, 6) is 1.78. The molecule has 2 heterocycles. The van der Waals surface area contributed by atoms with E-state index in [1.165, 1.54) is 32.5 Å². The smallest absolute Gasteiger partial charge is 0.431 e. The Kier molecular flexibility index (Phi) is 6.50.